The van der Waals surface area contributed by atoms with E-state index in [1.54, 1.807) is 4.68 Å². The number of hydrogen-bond donors (Lipinski definition) is 2. The van der Waals surface area contributed by atoms with E-state index in [0.29, 0.717) is 17.6 Å². The highest BCUT2D eigenvalue weighted by molar-refractivity contribution is 5.90. The standard InChI is InChI=1S/C15H18N8O/c1-9(2)11-6-4-5-7-12(11)23-10(3)17-14(20-23)15(24)16-8-13-18-21-22-19-13/h4-7,9H,8H2,1-3H3,(H,16,24)(H,18,19,21,22). The van der Waals surface area contributed by atoms with Gasteiger partial charge in [0, 0.05) is 0 Å². The summed E-state index contributed by atoms with van der Waals surface area (Å²) in [6, 6.07) is 7.96. The van der Waals surface area contributed by atoms with E-state index >= 15 is 0 Å². The molecule has 3 aromatic rings. The minimum Gasteiger partial charge on any atom is -0.342 e. The topological polar surface area (TPSA) is 114 Å². The maximum atomic E-state index is 12.2. The molecule has 0 fully saturated rings. The van der Waals surface area contributed by atoms with Gasteiger partial charge in [0.05, 0.1) is 12.2 Å². The number of aryl methyl sites for hydroxylation is 1. The number of aromatic nitrogens is 7. The highest BCUT2D eigenvalue weighted by Crippen LogP contribution is 2.23. The fourth-order valence-corrected chi connectivity index (χ4v) is 2.38. The Morgan fingerprint density at radius 2 is 2.12 bits per heavy atom. The molecule has 0 aliphatic rings. The lowest BCUT2D eigenvalue weighted by Crippen LogP contribution is -2.24. The van der Waals surface area contributed by atoms with Gasteiger partial charge in [-0.3, -0.25) is 4.79 Å². The number of carbonyl (C=O) groups is 1. The van der Waals surface area contributed by atoms with Crippen molar-refractivity contribution in [1.82, 2.24) is 40.7 Å². The summed E-state index contributed by atoms with van der Waals surface area (Å²) < 4.78 is 1.69. The number of carbonyl (C=O) groups excluding carboxylic acids is 1. The molecule has 0 bridgehead atoms. The van der Waals surface area contributed by atoms with E-state index < -0.39 is 0 Å². The molecule has 2 aromatic heterocycles. The predicted molar refractivity (Wildman–Crippen MR) is 85.5 cm³/mol. The molecule has 24 heavy (non-hydrogen) atoms. The highest BCUT2D eigenvalue weighted by atomic mass is 16.2. The Bertz CT molecular complexity index is 837. The molecule has 0 spiro atoms. The monoisotopic (exact) mass is 326 g/mol. The van der Waals surface area contributed by atoms with E-state index in [1.165, 1.54) is 0 Å². The third kappa shape index (κ3) is 3.14. The zero-order valence-corrected chi connectivity index (χ0v) is 13.7. The average Bonchev–Trinajstić information content (AvgIpc) is 3.22. The summed E-state index contributed by atoms with van der Waals surface area (Å²) in [5.41, 5.74) is 2.07. The Hall–Kier alpha value is -3.10. The van der Waals surface area contributed by atoms with Crippen molar-refractivity contribution >= 4 is 5.91 Å². The van der Waals surface area contributed by atoms with Crippen molar-refractivity contribution in [2.75, 3.05) is 0 Å². The number of amides is 1. The van der Waals surface area contributed by atoms with Crippen LogP contribution >= 0.6 is 0 Å². The zero-order chi connectivity index (χ0) is 17.1. The number of para-hydroxylation sites is 1. The van der Waals surface area contributed by atoms with Gasteiger partial charge in [-0.2, -0.15) is 5.21 Å². The molecule has 2 heterocycles. The van der Waals surface area contributed by atoms with Crippen LogP contribution in [0.1, 0.15) is 47.6 Å². The molecule has 9 heteroatoms. The van der Waals surface area contributed by atoms with Gasteiger partial charge in [0.15, 0.2) is 5.82 Å². The maximum Gasteiger partial charge on any atom is 0.291 e. The van der Waals surface area contributed by atoms with Gasteiger partial charge < -0.3 is 5.32 Å². The normalized spacial score (nSPS) is 11.0. The van der Waals surface area contributed by atoms with Gasteiger partial charge in [0.25, 0.3) is 5.91 Å². The molecule has 0 atom stereocenters. The second-order valence-electron chi connectivity index (χ2n) is 5.62. The van der Waals surface area contributed by atoms with Crippen LogP contribution in [0.25, 0.3) is 5.69 Å². The van der Waals surface area contributed by atoms with Crippen molar-refractivity contribution < 1.29 is 4.79 Å². The van der Waals surface area contributed by atoms with Gasteiger partial charge in [-0.05, 0) is 24.5 Å². The van der Waals surface area contributed by atoms with Crippen LogP contribution in [0.4, 0.5) is 0 Å². The van der Waals surface area contributed by atoms with Gasteiger partial charge in [0.1, 0.15) is 5.82 Å². The number of H-pyrrole nitrogens is 1. The molecule has 2 N–H and O–H groups in total. The second-order valence-corrected chi connectivity index (χ2v) is 5.62. The smallest absolute Gasteiger partial charge is 0.291 e. The number of rotatable bonds is 5. The molecule has 0 saturated heterocycles. The molecule has 0 radical (unpaired) electrons. The SMILES string of the molecule is Cc1nc(C(=O)NCc2nn[nH]n2)nn1-c1ccccc1C(C)C. The van der Waals surface area contributed by atoms with Gasteiger partial charge in [-0.25, -0.2) is 9.67 Å². The van der Waals surface area contributed by atoms with Gasteiger partial charge in [0.2, 0.25) is 5.82 Å². The fourth-order valence-electron chi connectivity index (χ4n) is 2.38. The third-order valence-electron chi connectivity index (χ3n) is 3.56. The fraction of sp³-hybridized carbons (Fsp3) is 0.333. The van der Waals surface area contributed by atoms with Crippen molar-refractivity contribution in [3.8, 4) is 5.69 Å². The van der Waals surface area contributed by atoms with Crippen molar-refractivity contribution in [1.29, 1.82) is 0 Å². The van der Waals surface area contributed by atoms with Crippen LogP contribution in [0.15, 0.2) is 24.3 Å². The minimum atomic E-state index is -0.385. The van der Waals surface area contributed by atoms with Crippen LogP contribution in [-0.2, 0) is 6.54 Å². The van der Waals surface area contributed by atoms with Gasteiger partial charge in [-0.1, -0.05) is 37.3 Å². The van der Waals surface area contributed by atoms with Crippen LogP contribution in [-0.4, -0.2) is 41.3 Å². The molecule has 0 aliphatic carbocycles. The first-order valence-corrected chi connectivity index (χ1v) is 7.59. The first-order chi connectivity index (χ1) is 11.6. The van der Waals surface area contributed by atoms with Crippen LogP contribution in [0.5, 0.6) is 0 Å². The number of nitrogens with zero attached hydrogens (tertiary/aromatic N) is 6. The summed E-state index contributed by atoms with van der Waals surface area (Å²) in [4.78, 5) is 16.5. The first kappa shape index (κ1) is 15.8. The van der Waals surface area contributed by atoms with E-state index in [9.17, 15) is 4.79 Å². The average molecular weight is 326 g/mol. The van der Waals surface area contributed by atoms with E-state index in [2.05, 4.69) is 55.9 Å². The van der Waals surface area contributed by atoms with E-state index in [1.807, 2.05) is 25.1 Å². The number of benzene rings is 1. The molecule has 124 valence electrons. The summed E-state index contributed by atoms with van der Waals surface area (Å²) >= 11 is 0. The molecule has 0 aliphatic heterocycles. The number of aromatic amines is 1. The molecular formula is C15H18N8O. The van der Waals surface area contributed by atoms with Gasteiger partial charge >= 0.3 is 0 Å². The molecule has 0 saturated carbocycles. The van der Waals surface area contributed by atoms with E-state index in [-0.39, 0.29) is 18.3 Å². The largest absolute Gasteiger partial charge is 0.342 e. The van der Waals surface area contributed by atoms with E-state index in [4.69, 9.17) is 0 Å². The van der Waals surface area contributed by atoms with Crippen LogP contribution in [0.3, 0.4) is 0 Å². The number of hydrogen-bond acceptors (Lipinski definition) is 6. The number of tetrazole rings is 1. The molecule has 3 rings (SSSR count). The van der Waals surface area contributed by atoms with Gasteiger partial charge in [-0.15, -0.1) is 15.3 Å². The Balaban J connectivity index is 1.84. The summed E-state index contributed by atoms with van der Waals surface area (Å²) in [5.74, 6) is 1.09. The second kappa shape index (κ2) is 6.57. The molecule has 1 amide bonds. The molecule has 9 nitrogen and oxygen atoms in total. The van der Waals surface area contributed by atoms with Crippen LogP contribution in [0, 0.1) is 6.92 Å². The third-order valence-corrected chi connectivity index (χ3v) is 3.56. The van der Waals surface area contributed by atoms with Crippen LogP contribution in [0.2, 0.25) is 0 Å². The van der Waals surface area contributed by atoms with Crippen molar-refractivity contribution in [2.45, 2.75) is 33.2 Å². The lowest BCUT2D eigenvalue weighted by molar-refractivity contribution is 0.0939. The first-order valence-electron chi connectivity index (χ1n) is 7.59. The number of nitrogens with one attached hydrogen (secondary N) is 2. The predicted octanol–water partition coefficient (Wildman–Crippen LogP) is 1.14. The Morgan fingerprint density at radius 1 is 1.33 bits per heavy atom. The lowest BCUT2D eigenvalue weighted by Gasteiger charge is -2.12. The van der Waals surface area contributed by atoms with E-state index in [0.717, 1.165) is 11.3 Å². The Kier molecular flexibility index (Phi) is 4.32. The highest BCUT2D eigenvalue weighted by Gasteiger charge is 2.17. The summed E-state index contributed by atoms with van der Waals surface area (Å²) in [6.45, 7) is 6.21. The Labute approximate surface area is 138 Å². The van der Waals surface area contributed by atoms with Crippen molar-refractivity contribution in [3.63, 3.8) is 0 Å². The lowest BCUT2D eigenvalue weighted by atomic mass is 10.0. The zero-order valence-electron chi connectivity index (χ0n) is 13.7. The van der Waals surface area contributed by atoms with Crippen molar-refractivity contribution in [3.05, 3.63) is 47.3 Å². The maximum absolute atomic E-state index is 12.2. The Morgan fingerprint density at radius 3 is 2.83 bits per heavy atom. The summed E-state index contributed by atoms with van der Waals surface area (Å²) in [5, 5.41) is 20.3. The molecule has 0 unspecified atom stereocenters. The molecular weight excluding hydrogens is 308 g/mol. The minimum absolute atomic E-state index is 0.106. The molecule has 1 aromatic carbocycles. The summed E-state index contributed by atoms with van der Waals surface area (Å²) in [7, 11) is 0. The summed E-state index contributed by atoms with van der Waals surface area (Å²) in [6.07, 6.45) is 0. The van der Waals surface area contributed by atoms with Crippen LogP contribution < -0.4 is 5.32 Å². The quantitative estimate of drug-likeness (QED) is 0.726. The van der Waals surface area contributed by atoms with Crippen molar-refractivity contribution in [2.24, 2.45) is 0 Å².